The maximum absolute atomic E-state index is 11.7. The summed E-state index contributed by atoms with van der Waals surface area (Å²) in [6, 6.07) is 6.22. The number of nitrogens with two attached hydrogens (primary N) is 1. The third kappa shape index (κ3) is 4.35. The maximum Gasteiger partial charge on any atom is 0.252 e. The van der Waals surface area contributed by atoms with Crippen molar-refractivity contribution in [3.63, 3.8) is 0 Å². The Morgan fingerprint density at radius 2 is 1.89 bits per heavy atom. The number of hydrogen-bond donors (Lipinski definition) is 3. The molecule has 6 heteroatoms. The molecule has 0 radical (unpaired) electrons. The fourth-order valence-electron chi connectivity index (χ4n) is 1.26. The van der Waals surface area contributed by atoms with Gasteiger partial charge in [-0.05, 0) is 19.1 Å². The smallest absolute Gasteiger partial charge is 0.252 e. The summed E-state index contributed by atoms with van der Waals surface area (Å²) >= 11 is 5.88. The highest BCUT2D eigenvalue weighted by molar-refractivity contribution is 6.33. The van der Waals surface area contributed by atoms with Crippen molar-refractivity contribution < 1.29 is 9.59 Å². The molecular formula is C12H16ClN3O2. The lowest BCUT2D eigenvalue weighted by atomic mass is 10.2. The molecule has 1 aromatic rings. The van der Waals surface area contributed by atoms with Crippen LogP contribution in [0.5, 0.6) is 0 Å². The van der Waals surface area contributed by atoms with E-state index in [1.54, 1.807) is 31.2 Å². The lowest BCUT2D eigenvalue weighted by molar-refractivity contribution is -0.121. The first-order valence-electron chi connectivity index (χ1n) is 5.58. The maximum atomic E-state index is 11.7. The van der Waals surface area contributed by atoms with Crippen LogP contribution in [-0.2, 0) is 4.79 Å². The Bertz CT molecular complexity index is 435. The van der Waals surface area contributed by atoms with Crippen molar-refractivity contribution in [3.05, 3.63) is 34.9 Å². The van der Waals surface area contributed by atoms with Crippen molar-refractivity contribution >= 4 is 23.4 Å². The number of hydrogen-bond acceptors (Lipinski definition) is 3. The van der Waals surface area contributed by atoms with E-state index in [1.807, 2.05) is 0 Å². The second-order valence-corrected chi connectivity index (χ2v) is 4.22. The Labute approximate surface area is 111 Å². The summed E-state index contributed by atoms with van der Waals surface area (Å²) < 4.78 is 0. The zero-order chi connectivity index (χ0) is 13.5. The van der Waals surface area contributed by atoms with Crippen LogP contribution < -0.4 is 16.4 Å². The molecule has 0 aliphatic heterocycles. The van der Waals surface area contributed by atoms with Gasteiger partial charge < -0.3 is 16.4 Å². The van der Waals surface area contributed by atoms with Gasteiger partial charge in [0.25, 0.3) is 5.91 Å². The summed E-state index contributed by atoms with van der Waals surface area (Å²) in [5.41, 5.74) is 5.79. The Morgan fingerprint density at radius 1 is 1.28 bits per heavy atom. The molecule has 98 valence electrons. The minimum atomic E-state index is -0.552. The molecular weight excluding hydrogens is 254 g/mol. The van der Waals surface area contributed by atoms with Crippen LogP contribution >= 0.6 is 11.6 Å². The number of benzene rings is 1. The molecule has 5 nitrogen and oxygen atoms in total. The fourth-order valence-corrected chi connectivity index (χ4v) is 1.48. The monoisotopic (exact) mass is 269 g/mol. The summed E-state index contributed by atoms with van der Waals surface area (Å²) in [5.74, 6) is -0.516. The molecule has 0 bridgehead atoms. The molecule has 2 amide bonds. The van der Waals surface area contributed by atoms with Gasteiger partial charge >= 0.3 is 0 Å². The van der Waals surface area contributed by atoms with E-state index in [2.05, 4.69) is 10.6 Å². The van der Waals surface area contributed by atoms with Crippen LogP contribution in [0.1, 0.15) is 17.3 Å². The quantitative estimate of drug-likeness (QED) is 0.682. The Morgan fingerprint density at radius 3 is 2.50 bits per heavy atom. The molecule has 0 saturated carbocycles. The first-order chi connectivity index (χ1) is 8.52. The predicted molar refractivity (Wildman–Crippen MR) is 70.4 cm³/mol. The van der Waals surface area contributed by atoms with Gasteiger partial charge in [0.05, 0.1) is 16.6 Å². The van der Waals surface area contributed by atoms with Crippen molar-refractivity contribution in [2.24, 2.45) is 5.73 Å². The van der Waals surface area contributed by atoms with Crippen molar-refractivity contribution in [3.8, 4) is 0 Å². The first kappa shape index (κ1) is 14.5. The van der Waals surface area contributed by atoms with Crippen molar-refractivity contribution in [2.75, 3.05) is 13.1 Å². The molecule has 0 aliphatic carbocycles. The van der Waals surface area contributed by atoms with E-state index in [0.29, 0.717) is 23.7 Å². The van der Waals surface area contributed by atoms with Crippen LogP contribution in [0.25, 0.3) is 0 Å². The summed E-state index contributed by atoms with van der Waals surface area (Å²) in [6.45, 7) is 2.25. The standard InChI is InChI=1S/C12H16ClN3O2/c1-8(14)11(17)15-6-7-16-12(18)9-4-2-3-5-10(9)13/h2-5,8H,6-7,14H2,1H3,(H,15,17)(H,16,18). The molecule has 18 heavy (non-hydrogen) atoms. The van der Waals surface area contributed by atoms with Gasteiger partial charge in [0.15, 0.2) is 0 Å². The third-order valence-electron chi connectivity index (χ3n) is 2.24. The van der Waals surface area contributed by atoms with Crippen LogP contribution in [0.15, 0.2) is 24.3 Å². The number of rotatable bonds is 5. The predicted octanol–water partition coefficient (Wildman–Crippen LogP) is 0.533. The van der Waals surface area contributed by atoms with Gasteiger partial charge in [-0.1, -0.05) is 23.7 Å². The molecule has 1 unspecified atom stereocenters. The molecule has 1 aromatic carbocycles. The van der Waals surface area contributed by atoms with Crippen LogP contribution in [0, 0.1) is 0 Å². The Hall–Kier alpha value is -1.59. The zero-order valence-electron chi connectivity index (χ0n) is 10.1. The number of nitrogens with one attached hydrogen (secondary N) is 2. The summed E-state index contributed by atoms with van der Waals surface area (Å²) in [4.78, 5) is 22.9. The first-order valence-corrected chi connectivity index (χ1v) is 5.96. The van der Waals surface area contributed by atoms with Gasteiger partial charge in [0.1, 0.15) is 0 Å². The van der Waals surface area contributed by atoms with Crippen LogP contribution in [0.2, 0.25) is 5.02 Å². The van der Waals surface area contributed by atoms with Gasteiger partial charge in [0.2, 0.25) is 5.91 Å². The molecule has 1 rings (SSSR count). The average molecular weight is 270 g/mol. The molecule has 0 heterocycles. The van der Waals surface area contributed by atoms with Crippen LogP contribution in [-0.4, -0.2) is 30.9 Å². The van der Waals surface area contributed by atoms with Crippen LogP contribution in [0.3, 0.4) is 0 Å². The second-order valence-electron chi connectivity index (χ2n) is 3.82. The molecule has 0 spiro atoms. The van der Waals surface area contributed by atoms with Crippen molar-refractivity contribution in [1.29, 1.82) is 0 Å². The van der Waals surface area contributed by atoms with Gasteiger partial charge in [-0.2, -0.15) is 0 Å². The number of amides is 2. The minimum absolute atomic E-state index is 0.248. The Balaban J connectivity index is 2.35. The second kappa shape index (κ2) is 6.98. The van der Waals surface area contributed by atoms with Gasteiger partial charge in [-0.15, -0.1) is 0 Å². The molecule has 0 fully saturated rings. The number of carbonyl (C=O) groups is 2. The molecule has 0 saturated heterocycles. The topological polar surface area (TPSA) is 84.2 Å². The average Bonchev–Trinajstić information content (AvgIpc) is 2.34. The Kier molecular flexibility index (Phi) is 5.61. The van der Waals surface area contributed by atoms with Gasteiger partial charge in [-0.3, -0.25) is 9.59 Å². The van der Waals surface area contributed by atoms with E-state index in [4.69, 9.17) is 17.3 Å². The van der Waals surface area contributed by atoms with Gasteiger partial charge in [-0.25, -0.2) is 0 Å². The number of halogens is 1. The van der Waals surface area contributed by atoms with Crippen LogP contribution in [0.4, 0.5) is 0 Å². The van der Waals surface area contributed by atoms with E-state index in [9.17, 15) is 9.59 Å². The third-order valence-corrected chi connectivity index (χ3v) is 2.57. The van der Waals surface area contributed by atoms with E-state index in [1.165, 1.54) is 0 Å². The highest BCUT2D eigenvalue weighted by atomic mass is 35.5. The summed E-state index contributed by atoms with van der Waals surface area (Å²) in [6.07, 6.45) is 0. The molecule has 0 aliphatic rings. The summed E-state index contributed by atoms with van der Waals surface area (Å²) in [5, 5.41) is 5.64. The van der Waals surface area contributed by atoms with Crippen molar-refractivity contribution in [2.45, 2.75) is 13.0 Å². The van der Waals surface area contributed by atoms with Gasteiger partial charge in [0, 0.05) is 13.1 Å². The highest BCUT2D eigenvalue weighted by Gasteiger charge is 2.09. The molecule has 1 atom stereocenters. The minimum Gasteiger partial charge on any atom is -0.353 e. The number of carbonyl (C=O) groups excluding carboxylic acids is 2. The lowest BCUT2D eigenvalue weighted by Crippen LogP contribution is -2.42. The van der Waals surface area contributed by atoms with E-state index in [-0.39, 0.29) is 11.8 Å². The van der Waals surface area contributed by atoms with E-state index in [0.717, 1.165) is 0 Å². The molecule has 0 aromatic heterocycles. The molecule has 4 N–H and O–H groups in total. The normalized spacial score (nSPS) is 11.7. The van der Waals surface area contributed by atoms with Crippen molar-refractivity contribution in [1.82, 2.24) is 10.6 Å². The summed E-state index contributed by atoms with van der Waals surface area (Å²) in [7, 11) is 0. The lowest BCUT2D eigenvalue weighted by Gasteiger charge is -2.09. The highest BCUT2D eigenvalue weighted by Crippen LogP contribution is 2.14. The SMILES string of the molecule is CC(N)C(=O)NCCNC(=O)c1ccccc1Cl. The zero-order valence-corrected chi connectivity index (χ0v) is 10.8. The van der Waals surface area contributed by atoms with E-state index < -0.39 is 6.04 Å². The largest absolute Gasteiger partial charge is 0.353 e. The fraction of sp³-hybridized carbons (Fsp3) is 0.333. The van der Waals surface area contributed by atoms with E-state index >= 15 is 0 Å².